The van der Waals surface area contributed by atoms with Crippen molar-refractivity contribution < 1.29 is 0 Å². The van der Waals surface area contributed by atoms with Gasteiger partial charge in [0.15, 0.2) is 0 Å². The van der Waals surface area contributed by atoms with Crippen LogP contribution in [0.15, 0.2) is 84.9 Å². The standard InChI is InChI=1S/C30H36/c1-3-7-25(8-4-1)11-13-27-15-19-29(20-16-27)23-24-30-21-17-28(18-22-30)14-12-26-9-5-2-6-10-26/h1-10,15-16,19-20,28,30H,11-14,17-18,21-24H2. The normalized spacial score (nSPS) is 18.9. The Hall–Kier alpha value is -2.34. The molecule has 3 aromatic rings. The topological polar surface area (TPSA) is 0 Å². The molecule has 0 heteroatoms. The van der Waals surface area contributed by atoms with Crippen molar-refractivity contribution >= 4 is 0 Å². The Morgan fingerprint density at radius 2 is 0.733 bits per heavy atom. The van der Waals surface area contributed by atoms with Crippen LogP contribution >= 0.6 is 0 Å². The SMILES string of the molecule is c1ccc(CCc2ccc(CCC3CCC(CCc4ccccc4)CC3)cc2)cc1. The van der Waals surface area contributed by atoms with Gasteiger partial charge in [-0.3, -0.25) is 0 Å². The molecule has 0 spiro atoms. The van der Waals surface area contributed by atoms with Gasteiger partial charge in [0.1, 0.15) is 0 Å². The molecule has 1 aliphatic rings. The third-order valence-corrected chi connectivity index (χ3v) is 7.06. The predicted molar refractivity (Wildman–Crippen MR) is 129 cm³/mol. The van der Waals surface area contributed by atoms with E-state index in [1.54, 1.807) is 0 Å². The molecule has 3 aromatic carbocycles. The second-order valence-electron chi connectivity index (χ2n) is 9.25. The molecule has 0 saturated heterocycles. The molecular formula is C30H36. The van der Waals surface area contributed by atoms with E-state index in [0.29, 0.717) is 0 Å². The monoisotopic (exact) mass is 396 g/mol. The van der Waals surface area contributed by atoms with Crippen LogP contribution in [0.1, 0.15) is 60.8 Å². The van der Waals surface area contributed by atoms with E-state index in [0.717, 1.165) is 24.7 Å². The quantitative estimate of drug-likeness (QED) is 0.345. The van der Waals surface area contributed by atoms with Gasteiger partial charge in [-0.25, -0.2) is 0 Å². The van der Waals surface area contributed by atoms with Crippen molar-refractivity contribution in [3.8, 4) is 0 Å². The Bertz CT molecular complexity index is 840. The van der Waals surface area contributed by atoms with Crippen LogP contribution in [-0.4, -0.2) is 0 Å². The largest absolute Gasteiger partial charge is 0.0622 e. The lowest BCUT2D eigenvalue weighted by atomic mass is 9.77. The van der Waals surface area contributed by atoms with Crippen LogP contribution in [0.25, 0.3) is 0 Å². The van der Waals surface area contributed by atoms with Crippen LogP contribution in [0.5, 0.6) is 0 Å². The van der Waals surface area contributed by atoms with Crippen LogP contribution < -0.4 is 0 Å². The molecular weight excluding hydrogens is 360 g/mol. The first kappa shape index (κ1) is 20.9. The summed E-state index contributed by atoms with van der Waals surface area (Å²) in [6.45, 7) is 0. The maximum Gasteiger partial charge on any atom is -0.0238 e. The van der Waals surface area contributed by atoms with Gasteiger partial charge in [-0.2, -0.15) is 0 Å². The second-order valence-corrected chi connectivity index (χ2v) is 9.25. The maximum absolute atomic E-state index is 2.37. The first-order valence-electron chi connectivity index (χ1n) is 12.0. The van der Waals surface area contributed by atoms with E-state index in [9.17, 15) is 0 Å². The van der Waals surface area contributed by atoms with Crippen molar-refractivity contribution in [3.63, 3.8) is 0 Å². The highest BCUT2D eigenvalue weighted by atomic mass is 14.3. The molecule has 1 aliphatic carbocycles. The summed E-state index contributed by atoms with van der Waals surface area (Å²) < 4.78 is 0. The zero-order chi connectivity index (χ0) is 20.4. The second kappa shape index (κ2) is 11.2. The van der Waals surface area contributed by atoms with Crippen molar-refractivity contribution in [1.82, 2.24) is 0 Å². The summed E-state index contributed by atoms with van der Waals surface area (Å²) in [5.74, 6) is 1.89. The number of rotatable bonds is 9. The van der Waals surface area contributed by atoms with E-state index in [1.807, 2.05) is 0 Å². The van der Waals surface area contributed by atoms with Crippen molar-refractivity contribution in [3.05, 3.63) is 107 Å². The molecule has 30 heavy (non-hydrogen) atoms. The van der Waals surface area contributed by atoms with Gasteiger partial charge in [-0.05, 0) is 72.6 Å². The molecule has 0 amide bonds. The highest BCUT2D eigenvalue weighted by Crippen LogP contribution is 2.34. The first-order valence-corrected chi connectivity index (χ1v) is 12.0. The minimum atomic E-state index is 0.940. The maximum atomic E-state index is 2.37. The van der Waals surface area contributed by atoms with Gasteiger partial charge in [0.05, 0.1) is 0 Å². The fourth-order valence-electron chi connectivity index (χ4n) is 5.00. The van der Waals surface area contributed by atoms with Gasteiger partial charge in [-0.15, -0.1) is 0 Å². The molecule has 0 heterocycles. The van der Waals surface area contributed by atoms with E-state index in [-0.39, 0.29) is 0 Å². The number of hydrogen-bond donors (Lipinski definition) is 0. The van der Waals surface area contributed by atoms with Crippen LogP contribution in [-0.2, 0) is 25.7 Å². The summed E-state index contributed by atoms with van der Waals surface area (Å²) in [6.07, 6.45) is 13.3. The Balaban J connectivity index is 1.14. The number of hydrogen-bond acceptors (Lipinski definition) is 0. The van der Waals surface area contributed by atoms with Gasteiger partial charge in [-0.1, -0.05) is 111 Å². The lowest BCUT2D eigenvalue weighted by Gasteiger charge is -2.28. The summed E-state index contributed by atoms with van der Waals surface area (Å²) >= 11 is 0. The fourth-order valence-corrected chi connectivity index (χ4v) is 5.00. The van der Waals surface area contributed by atoms with Crippen molar-refractivity contribution in [2.75, 3.05) is 0 Å². The van der Waals surface area contributed by atoms with Gasteiger partial charge in [0.2, 0.25) is 0 Å². The molecule has 0 bridgehead atoms. The van der Waals surface area contributed by atoms with Crippen LogP contribution in [0.2, 0.25) is 0 Å². The highest BCUT2D eigenvalue weighted by molar-refractivity contribution is 5.24. The summed E-state index contributed by atoms with van der Waals surface area (Å²) in [4.78, 5) is 0. The molecule has 0 aromatic heterocycles. The molecule has 0 N–H and O–H groups in total. The average molecular weight is 397 g/mol. The highest BCUT2D eigenvalue weighted by Gasteiger charge is 2.20. The lowest BCUT2D eigenvalue weighted by molar-refractivity contribution is 0.253. The van der Waals surface area contributed by atoms with E-state index >= 15 is 0 Å². The summed E-state index contributed by atoms with van der Waals surface area (Å²) in [6, 6.07) is 31.2. The van der Waals surface area contributed by atoms with E-state index in [4.69, 9.17) is 0 Å². The van der Waals surface area contributed by atoms with Crippen LogP contribution in [0.3, 0.4) is 0 Å². The Morgan fingerprint density at radius 3 is 1.17 bits per heavy atom. The lowest BCUT2D eigenvalue weighted by Crippen LogP contribution is -2.15. The molecule has 4 rings (SSSR count). The van der Waals surface area contributed by atoms with Crippen molar-refractivity contribution in [2.24, 2.45) is 11.8 Å². The summed E-state index contributed by atoms with van der Waals surface area (Å²) in [5, 5.41) is 0. The number of benzene rings is 3. The predicted octanol–water partition coefficient (Wildman–Crippen LogP) is 7.84. The first-order chi connectivity index (χ1) is 14.8. The number of aryl methyl sites for hydroxylation is 4. The van der Waals surface area contributed by atoms with Gasteiger partial charge in [0, 0.05) is 0 Å². The Morgan fingerprint density at radius 1 is 0.400 bits per heavy atom. The van der Waals surface area contributed by atoms with E-state index < -0.39 is 0 Å². The minimum Gasteiger partial charge on any atom is -0.0622 e. The molecule has 0 radical (unpaired) electrons. The molecule has 156 valence electrons. The molecule has 1 saturated carbocycles. The smallest absolute Gasteiger partial charge is 0.0238 e. The minimum absolute atomic E-state index is 0.940. The van der Waals surface area contributed by atoms with Crippen molar-refractivity contribution in [2.45, 2.75) is 64.2 Å². The molecule has 0 nitrogen and oxygen atoms in total. The fraction of sp³-hybridized carbons (Fsp3) is 0.400. The Labute approximate surface area is 183 Å². The van der Waals surface area contributed by atoms with Crippen LogP contribution in [0.4, 0.5) is 0 Å². The van der Waals surface area contributed by atoms with Gasteiger partial charge >= 0.3 is 0 Å². The third-order valence-electron chi connectivity index (χ3n) is 7.06. The molecule has 1 fully saturated rings. The summed E-state index contributed by atoms with van der Waals surface area (Å²) in [5.41, 5.74) is 5.92. The van der Waals surface area contributed by atoms with Gasteiger partial charge < -0.3 is 0 Å². The zero-order valence-corrected chi connectivity index (χ0v) is 18.3. The van der Waals surface area contributed by atoms with Crippen LogP contribution in [0, 0.1) is 11.8 Å². The van der Waals surface area contributed by atoms with Crippen molar-refractivity contribution in [1.29, 1.82) is 0 Å². The Kier molecular flexibility index (Phi) is 7.78. The van der Waals surface area contributed by atoms with E-state index in [1.165, 1.54) is 73.6 Å². The summed E-state index contributed by atoms with van der Waals surface area (Å²) in [7, 11) is 0. The zero-order valence-electron chi connectivity index (χ0n) is 18.3. The molecule has 0 aliphatic heterocycles. The molecule has 0 atom stereocenters. The van der Waals surface area contributed by atoms with Gasteiger partial charge in [0.25, 0.3) is 0 Å². The average Bonchev–Trinajstić information content (AvgIpc) is 2.83. The van der Waals surface area contributed by atoms with E-state index in [2.05, 4.69) is 84.9 Å². The molecule has 0 unspecified atom stereocenters. The third kappa shape index (κ3) is 6.59.